The van der Waals surface area contributed by atoms with Crippen LogP contribution in [-0.2, 0) is 11.2 Å². The lowest BCUT2D eigenvalue weighted by molar-refractivity contribution is -0.158. The molecule has 1 N–H and O–H groups in total. The van der Waals surface area contributed by atoms with Gasteiger partial charge in [-0.15, -0.1) is 0 Å². The molecular weight excluding hydrogens is 256 g/mol. The van der Waals surface area contributed by atoms with E-state index in [9.17, 15) is 9.90 Å². The SMILES string of the molecule is Cc1cccc2c1Cc1ccccc1OC(C(=O)O)O2. The molecule has 1 atom stereocenters. The molecule has 1 unspecified atom stereocenters. The molecule has 0 bridgehead atoms. The molecule has 1 heterocycles. The van der Waals surface area contributed by atoms with E-state index in [4.69, 9.17) is 9.47 Å². The van der Waals surface area contributed by atoms with E-state index in [1.54, 1.807) is 12.1 Å². The van der Waals surface area contributed by atoms with E-state index in [0.29, 0.717) is 17.9 Å². The van der Waals surface area contributed by atoms with Crippen molar-refractivity contribution in [1.29, 1.82) is 0 Å². The lowest BCUT2D eigenvalue weighted by atomic mass is 9.98. The molecule has 4 heteroatoms. The predicted molar refractivity (Wildman–Crippen MR) is 73.1 cm³/mol. The van der Waals surface area contributed by atoms with E-state index in [-0.39, 0.29) is 0 Å². The Bertz CT molecular complexity index is 663. The number of fused-ring (bicyclic) bond motifs is 2. The van der Waals surface area contributed by atoms with Crippen LogP contribution in [0.25, 0.3) is 0 Å². The summed E-state index contributed by atoms with van der Waals surface area (Å²) in [6.07, 6.45) is -0.679. The second-order valence-corrected chi connectivity index (χ2v) is 4.74. The number of ether oxygens (including phenoxy) is 2. The van der Waals surface area contributed by atoms with Gasteiger partial charge in [0.1, 0.15) is 11.5 Å². The second-order valence-electron chi connectivity index (χ2n) is 4.74. The van der Waals surface area contributed by atoms with Crippen molar-refractivity contribution in [2.45, 2.75) is 19.6 Å². The highest BCUT2D eigenvalue weighted by Crippen LogP contribution is 2.32. The van der Waals surface area contributed by atoms with Crippen LogP contribution in [0.3, 0.4) is 0 Å². The van der Waals surface area contributed by atoms with Gasteiger partial charge < -0.3 is 14.6 Å². The number of benzene rings is 2. The molecule has 0 amide bonds. The molecule has 1 aliphatic rings. The Morgan fingerprint density at radius 2 is 1.80 bits per heavy atom. The van der Waals surface area contributed by atoms with Gasteiger partial charge >= 0.3 is 12.3 Å². The van der Waals surface area contributed by atoms with E-state index < -0.39 is 12.3 Å². The lowest BCUT2D eigenvalue weighted by Gasteiger charge is -2.24. The molecule has 4 nitrogen and oxygen atoms in total. The average molecular weight is 270 g/mol. The minimum Gasteiger partial charge on any atom is -0.476 e. The molecule has 2 aromatic rings. The highest BCUT2D eigenvalue weighted by molar-refractivity contribution is 5.72. The molecule has 2 aromatic carbocycles. The van der Waals surface area contributed by atoms with E-state index >= 15 is 0 Å². The third-order valence-corrected chi connectivity index (χ3v) is 3.38. The van der Waals surface area contributed by atoms with Gasteiger partial charge in [0.25, 0.3) is 0 Å². The van der Waals surface area contributed by atoms with Crippen molar-refractivity contribution in [1.82, 2.24) is 0 Å². The van der Waals surface area contributed by atoms with Crippen LogP contribution < -0.4 is 9.47 Å². The van der Waals surface area contributed by atoms with Crippen molar-refractivity contribution in [3.05, 3.63) is 59.2 Å². The molecule has 0 aliphatic carbocycles. The molecule has 1 aliphatic heterocycles. The lowest BCUT2D eigenvalue weighted by Crippen LogP contribution is -2.34. The van der Waals surface area contributed by atoms with E-state index in [1.165, 1.54) is 0 Å². The number of carbonyl (C=O) groups is 1. The van der Waals surface area contributed by atoms with Gasteiger partial charge in [0, 0.05) is 12.0 Å². The van der Waals surface area contributed by atoms with Crippen LogP contribution in [0, 0.1) is 6.92 Å². The van der Waals surface area contributed by atoms with Crippen molar-refractivity contribution < 1.29 is 19.4 Å². The molecule has 0 fully saturated rings. The number of hydrogen-bond donors (Lipinski definition) is 1. The Hall–Kier alpha value is -2.49. The van der Waals surface area contributed by atoms with Gasteiger partial charge in [-0.1, -0.05) is 30.3 Å². The molecule has 0 saturated heterocycles. The molecule has 0 spiro atoms. The summed E-state index contributed by atoms with van der Waals surface area (Å²) in [6, 6.07) is 13.0. The van der Waals surface area contributed by atoms with Crippen molar-refractivity contribution >= 4 is 5.97 Å². The first-order valence-corrected chi connectivity index (χ1v) is 6.37. The number of aryl methyl sites for hydroxylation is 1. The predicted octanol–water partition coefficient (Wildman–Crippen LogP) is 2.77. The van der Waals surface area contributed by atoms with Crippen LogP contribution in [0.4, 0.5) is 0 Å². The summed E-state index contributed by atoms with van der Waals surface area (Å²) in [5.41, 5.74) is 3.02. The molecule has 102 valence electrons. The van der Waals surface area contributed by atoms with Gasteiger partial charge in [-0.3, -0.25) is 0 Å². The first kappa shape index (κ1) is 12.5. The fourth-order valence-corrected chi connectivity index (χ4v) is 2.32. The van der Waals surface area contributed by atoms with Crippen LogP contribution in [0.5, 0.6) is 11.5 Å². The zero-order chi connectivity index (χ0) is 14.1. The average Bonchev–Trinajstić information content (AvgIpc) is 2.40. The fraction of sp³-hybridized carbons (Fsp3) is 0.188. The van der Waals surface area contributed by atoms with Crippen LogP contribution in [0.1, 0.15) is 16.7 Å². The van der Waals surface area contributed by atoms with Crippen LogP contribution >= 0.6 is 0 Å². The minimum atomic E-state index is -1.34. The third kappa shape index (κ3) is 2.20. The maximum Gasteiger partial charge on any atom is 0.387 e. The topological polar surface area (TPSA) is 55.8 Å². The number of carboxylic acid groups (broad SMARTS) is 1. The van der Waals surface area contributed by atoms with Crippen LogP contribution in [0.2, 0.25) is 0 Å². The normalized spacial score (nSPS) is 16.8. The van der Waals surface area contributed by atoms with Crippen molar-refractivity contribution in [3.8, 4) is 11.5 Å². The van der Waals surface area contributed by atoms with Crippen molar-refractivity contribution in [2.24, 2.45) is 0 Å². The van der Waals surface area contributed by atoms with E-state index in [1.807, 2.05) is 37.3 Å². The van der Waals surface area contributed by atoms with E-state index in [2.05, 4.69) is 0 Å². The number of para-hydroxylation sites is 1. The summed E-state index contributed by atoms with van der Waals surface area (Å²) in [5.74, 6) is -0.0325. The zero-order valence-corrected chi connectivity index (χ0v) is 11.0. The molecular formula is C16H14O4. The Kier molecular flexibility index (Phi) is 3.06. The van der Waals surface area contributed by atoms with Gasteiger partial charge in [0.05, 0.1) is 0 Å². The van der Waals surface area contributed by atoms with Crippen LogP contribution in [0.15, 0.2) is 42.5 Å². The van der Waals surface area contributed by atoms with Gasteiger partial charge in [-0.2, -0.15) is 0 Å². The van der Waals surface area contributed by atoms with Gasteiger partial charge in [0.2, 0.25) is 0 Å². The minimum absolute atomic E-state index is 0.550. The summed E-state index contributed by atoms with van der Waals surface area (Å²) in [5, 5.41) is 9.23. The van der Waals surface area contributed by atoms with Crippen molar-refractivity contribution in [2.75, 3.05) is 0 Å². The second kappa shape index (κ2) is 4.89. The van der Waals surface area contributed by atoms with Gasteiger partial charge in [-0.05, 0) is 30.2 Å². The highest BCUT2D eigenvalue weighted by Gasteiger charge is 2.26. The summed E-state index contributed by atoms with van der Waals surface area (Å²) in [6.45, 7) is 1.99. The van der Waals surface area contributed by atoms with Gasteiger partial charge in [0.15, 0.2) is 0 Å². The van der Waals surface area contributed by atoms with E-state index in [0.717, 1.165) is 16.7 Å². The summed E-state index contributed by atoms with van der Waals surface area (Å²) in [4.78, 5) is 11.3. The first-order chi connectivity index (χ1) is 9.65. The summed E-state index contributed by atoms with van der Waals surface area (Å²) < 4.78 is 11.0. The molecule has 0 saturated carbocycles. The zero-order valence-electron chi connectivity index (χ0n) is 11.0. The van der Waals surface area contributed by atoms with Gasteiger partial charge in [-0.25, -0.2) is 4.79 Å². The number of rotatable bonds is 1. The highest BCUT2D eigenvalue weighted by atomic mass is 16.7. The molecule has 20 heavy (non-hydrogen) atoms. The maximum atomic E-state index is 11.3. The molecule has 0 aromatic heterocycles. The number of aliphatic carboxylic acids is 1. The Morgan fingerprint density at radius 1 is 1.10 bits per heavy atom. The first-order valence-electron chi connectivity index (χ1n) is 6.37. The van der Waals surface area contributed by atoms with Crippen LogP contribution in [-0.4, -0.2) is 17.4 Å². The molecule has 3 rings (SSSR count). The Labute approximate surface area is 116 Å². The smallest absolute Gasteiger partial charge is 0.387 e. The Balaban J connectivity index is 2.14. The fourth-order valence-electron chi connectivity index (χ4n) is 2.32. The number of carboxylic acids is 1. The maximum absolute atomic E-state index is 11.3. The Morgan fingerprint density at radius 3 is 2.60 bits per heavy atom. The monoisotopic (exact) mass is 270 g/mol. The summed E-state index contributed by atoms with van der Waals surface area (Å²) >= 11 is 0. The third-order valence-electron chi connectivity index (χ3n) is 3.38. The quantitative estimate of drug-likeness (QED) is 0.865. The summed E-state index contributed by atoms with van der Waals surface area (Å²) in [7, 11) is 0. The largest absolute Gasteiger partial charge is 0.476 e. The standard InChI is InChI=1S/C16H14O4/c1-10-5-4-8-14-12(10)9-11-6-2-3-7-13(11)19-16(20-14)15(17)18/h2-8,16H,9H2,1H3,(H,17,18). The molecule has 0 radical (unpaired) electrons. The van der Waals surface area contributed by atoms with Crippen molar-refractivity contribution in [3.63, 3.8) is 0 Å². The number of hydrogen-bond acceptors (Lipinski definition) is 3.